The van der Waals surface area contributed by atoms with Gasteiger partial charge in [0.15, 0.2) is 11.5 Å². The Hall–Kier alpha value is -3.58. The van der Waals surface area contributed by atoms with E-state index in [0.29, 0.717) is 46.6 Å². The Bertz CT molecular complexity index is 1400. The van der Waals surface area contributed by atoms with E-state index in [4.69, 9.17) is 25.8 Å². The molecule has 1 aliphatic rings. The third kappa shape index (κ3) is 3.15. The molecule has 0 radical (unpaired) electrons. The van der Waals surface area contributed by atoms with E-state index in [1.165, 1.54) is 14.2 Å². The van der Waals surface area contributed by atoms with E-state index in [0.717, 1.165) is 21.7 Å². The van der Waals surface area contributed by atoms with E-state index < -0.39 is 0 Å². The van der Waals surface area contributed by atoms with E-state index in [1.54, 1.807) is 30.2 Å². The van der Waals surface area contributed by atoms with Gasteiger partial charge in [-0.15, -0.1) is 11.6 Å². The van der Waals surface area contributed by atoms with Gasteiger partial charge in [-0.05, 0) is 23.1 Å². The maximum atomic E-state index is 13.7. The zero-order valence-electron chi connectivity index (χ0n) is 18.4. The summed E-state index contributed by atoms with van der Waals surface area (Å²) < 4.78 is 16.4. The van der Waals surface area contributed by atoms with Gasteiger partial charge in [0.25, 0.3) is 5.91 Å². The number of hydrogen-bond donors (Lipinski definition) is 2. The number of fused-ring (bicyclic) bond motifs is 4. The summed E-state index contributed by atoms with van der Waals surface area (Å²) in [5, 5.41) is 13.0. The average molecular weight is 467 g/mol. The lowest BCUT2D eigenvalue weighted by molar-refractivity contribution is 0.0984. The number of carbonyl (C=O) groups excluding carboxylic acids is 1. The SMILES string of the molecule is COc1cc2cc(C(=O)N3C[C@H](CCl)c4c3cc(O)c3ccccc43)[nH]c2c(OC)c1OC. The molecule has 0 spiro atoms. The molecule has 7 nitrogen and oxygen atoms in total. The first-order valence-electron chi connectivity index (χ1n) is 10.5. The molecule has 170 valence electrons. The number of phenols is 1. The highest BCUT2D eigenvalue weighted by Gasteiger charge is 2.35. The number of nitrogens with zero attached hydrogens (tertiary/aromatic N) is 1. The van der Waals surface area contributed by atoms with E-state index in [-0.39, 0.29) is 17.6 Å². The van der Waals surface area contributed by atoms with Crippen molar-refractivity contribution < 1.29 is 24.1 Å². The highest BCUT2D eigenvalue weighted by atomic mass is 35.5. The molecule has 0 unspecified atom stereocenters. The molecule has 0 saturated heterocycles. The van der Waals surface area contributed by atoms with Gasteiger partial charge < -0.3 is 29.2 Å². The first kappa shape index (κ1) is 21.3. The highest BCUT2D eigenvalue weighted by Crippen LogP contribution is 2.46. The molecule has 2 N–H and O–H groups in total. The van der Waals surface area contributed by atoms with E-state index in [2.05, 4.69) is 4.98 Å². The molecule has 1 amide bonds. The second-order valence-electron chi connectivity index (χ2n) is 7.93. The van der Waals surface area contributed by atoms with Crippen molar-refractivity contribution in [2.45, 2.75) is 5.92 Å². The number of phenolic OH excluding ortho intramolecular Hbond substituents is 1. The van der Waals surface area contributed by atoms with Crippen LogP contribution in [0.4, 0.5) is 5.69 Å². The van der Waals surface area contributed by atoms with Crippen molar-refractivity contribution in [3.8, 4) is 23.0 Å². The fourth-order valence-corrected chi connectivity index (χ4v) is 5.00. The molecule has 8 heteroatoms. The van der Waals surface area contributed by atoms with Crippen molar-refractivity contribution in [2.75, 3.05) is 38.7 Å². The van der Waals surface area contributed by atoms with Gasteiger partial charge in [0.1, 0.15) is 11.4 Å². The summed E-state index contributed by atoms with van der Waals surface area (Å²) in [7, 11) is 4.62. The minimum atomic E-state index is -0.227. The highest BCUT2D eigenvalue weighted by molar-refractivity contribution is 6.19. The zero-order valence-corrected chi connectivity index (χ0v) is 19.2. The average Bonchev–Trinajstić information content (AvgIpc) is 3.43. The fourth-order valence-electron chi connectivity index (χ4n) is 4.75. The molecule has 1 atom stereocenters. The van der Waals surface area contributed by atoms with Crippen LogP contribution < -0.4 is 19.1 Å². The van der Waals surface area contributed by atoms with Crippen molar-refractivity contribution in [1.82, 2.24) is 4.98 Å². The number of methoxy groups -OCH3 is 3. The summed E-state index contributed by atoms with van der Waals surface area (Å²) in [5.41, 5.74) is 2.66. The predicted octanol–water partition coefficient (Wildman–Crippen LogP) is 5.04. The Morgan fingerprint density at radius 2 is 1.82 bits per heavy atom. The number of nitrogens with one attached hydrogen (secondary N) is 1. The molecule has 4 aromatic rings. The smallest absolute Gasteiger partial charge is 0.274 e. The number of benzene rings is 3. The number of H-pyrrole nitrogens is 1. The van der Waals surface area contributed by atoms with Crippen LogP contribution in [-0.2, 0) is 0 Å². The summed E-state index contributed by atoms with van der Waals surface area (Å²) in [6, 6.07) is 12.8. The van der Waals surface area contributed by atoms with Crippen LogP contribution in [0.2, 0.25) is 0 Å². The van der Waals surface area contributed by atoms with Crippen LogP contribution in [0.15, 0.2) is 42.5 Å². The third-order valence-corrected chi connectivity index (χ3v) is 6.60. The largest absolute Gasteiger partial charge is 0.507 e. The van der Waals surface area contributed by atoms with Gasteiger partial charge in [-0.2, -0.15) is 0 Å². The second kappa shape index (κ2) is 8.08. The minimum absolute atomic E-state index is 0.0461. The van der Waals surface area contributed by atoms with Gasteiger partial charge in [-0.3, -0.25) is 4.79 Å². The first-order valence-corrected chi connectivity index (χ1v) is 11.0. The number of aromatic amines is 1. The number of rotatable bonds is 5. The van der Waals surface area contributed by atoms with Crippen molar-refractivity contribution in [3.05, 3.63) is 53.7 Å². The molecular formula is C25H23ClN2O5. The van der Waals surface area contributed by atoms with Gasteiger partial charge >= 0.3 is 0 Å². The van der Waals surface area contributed by atoms with Crippen molar-refractivity contribution in [3.63, 3.8) is 0 Å². The quantitative estimate of drug-likeness (QED) is 0.403. The Balaban J connectivity index is 1.64. The molecule has 1 aliphatic heterocycles. The van der Waals surface area contributed by atoms with E-state index in [9.17, 15) is 9.90 Å². The van der Waals surface area contributed by atoms with Crippen molar-refractivity contribution >= 4 is 44.9 Å². The summed E-state index contributed by atoms with van der Waals surface area (Å²) in [6.45, 7) is 0.421. The normalized spacial score (nSPS) is 15.2. The van der Waals surface area contributed by atoms with Crippen LogP contribution in [0.1, 0.15) is 22.0 Å². The van der Waals surface area contributed by atoms with E-state index in [1.807, 2.05) is 24.3 Å². The number of ether oxygens (including phenoxy) is 3. The maximum Gasteiger partial charge on any atom is 0.274 e. The molecule has 0 bridgehead atoms. The molecule has 2 heterocycles. The van der Waals surface area contributed by atoms with Gasteiger partial charge in [0.05, 0.1) is 32.5 Å². The Morgan fingerprint density at radius 3 is 2.48 bits per heavy atom. The summed E-state index contributed by atoms with van der Waals surface area (Å²) in [5.74, 6) is 1.62. The number of anilines is 1. The summed E-state index contributed by atoms with van der Waals surface area (Å²) in [4.78, 5) is 18.5. The van der Waals surface area contributed by atoms with Gasteiger partial charge in [0, 0.05) is 35.2 Å². The fraction of sp³-hybridized carbons (Fsp3) is 0.240. The third-order valence-electron chi connectivity index (χ3n) is 6.23. The van der Waals surface area contributed by atoms with Gasteiger partial charge in [-0.25, -0.2) is 0 Å². The van der Waals surface area contributed by atoms with Crippen LogP contribution in [0.3, 0.4) is 0 Å². The topological polar surface area (TPSA) is 84.0 Å². The number of amides is 1. The molecule has 5 rings (SSSR count). The lowest BCUT2D eigenvalue weighted by Gasteiger charge is -2.17. The maximum absolute atomic E-state index is 13.7. The lowest BCUT2D eigenvalue weighted by atomic mass is 9.95. The van der Waals surface area contributed by atoms with Gasteiger partial charge in [0.2, 0.25) is 5.75 Å². The molecule has 0 fully saturated rings. The van der Waals surface area contributed by atoms with Crippen LogP contribution in [0.25, 0.3) is 21.7 Å². The molecule has 33 heavy (non-hydrogen) atoms. The van der Waals surface area contributed by atoms with Crippen molar-refractivity contribution in [2.24, 2.45) is 0 Å². The summed E-state index contributed by atoms with van der Waals surface area (Å²) >= 11 is 6.31. The predicted molar refractivity (Wildman–Crippen MR) is 129 cm³/mol. The number of aromatic hydroxyl groups is 1. The number of carbonyl (C=O) groups is 1. The zero-order chi connectivity index (χ0) is 23.3. The number of halogens is 1. The van der Waals surface area contributed by atoms with Crippen LogP contribution in [0, 0.1) is 0 Å². The molecule has 3 aromatic carbocycles. The molecule has 1 aromatic heterocycles. The Kier molecular flexibility index (Phi) is 5.21. The van der Waals surface area contributed by atoms with Gasteiger partial charge in [-0.1, -0.05) is 24.3 Å². The molecular weight excluding hydrogens is 444 g/mol. The standard InChI is InChI=1S/C25H23ClN2O5/c1-31-20-9-13-8-17(27-22(13)24(33-3)23(20)32-2)25(30)28-12-14(11-26)21-16-7-5-4-6-15(16)19(29)10-18(21)28/h4-10,14,27,29H,11-12H2,1-3H3/t14-/m0/s1. The second-order valence-corrected chi connectivity index (χ2v) is 8.24. The number of alkyl halides is 1. The monoisotopic (exact) mass is 466 g/mol. The number of hydrogen-bond acceptors (Lipinski definition) is 5. The van der Waals surface area contributed by atoms with Crippen molar-refractivity contribution in [1.29, 1.82) is 0 Å². The van der Waals surface area contributed by atoms with E-state index >= 15 is 0 Å². The molecule has 0 saturated carbocycles. The van der Waals surface area contributed by atoms with Crippen LogP contribution >= 0.6 is 11.6 Å². The minimum Gasteiger partial charge on any atom is -0.507 e. The Labute approximate surface area is 195 Å². The lowest BCUT2D eigenvalue weighted by Crippen LogP contribution is -2.30. The molecule has 0 aliphatic carbocycles. The van der Waals surface area contributed by atoms with Crippen LogP contribution in [0.5, 0.6) is 23.0 Å². The van der Waals surface area contributed by atoms with Crippen LogP contribution in [-0.4, -0.2) is 49.8 Å². The summed E-state index contributed by atoms with van der Waals surface area (Å²) in [6.07, 6.45) is 0. The number of aromatic nitrogens is 1. The first-order chi connectivity index (χ1) is 16.0. The Morgan fingerprint density at radius 1 is 1.09 bits per heavy atom.